The van der Waals surface area contributed by atoms with Gasteiger partial charge in [0.2, 0.25) is 5.91 Å². The molecule has 0 atom stereocenters. The average Bonchev–Trinajstić information content (AvgIpc) is 2.57. The number of hydrogen-bond acceptors (Lipinski definition) is 4. The Hall–Kier alpha value is -1.59. The SMILES string of the molecule is CCOC(CCCNC(=O)CCc1cccc(OC)c1)OCC. The summed E-state index contributed by atoms with van der Waals surface area (Å²) in [7, 11) is 1.64. The highest BCUT2D eigenvalue weighted by Gasteiger charge is 2.08. The second kappa shape index (κ2) is 11.9. The van der Waals surface area contributed by atoms with Crippen molar-refractivity contribution < 1.29 is 19.0 Å². The highest BCUT2D eigenvalue weighted by molar-refractivity contribution is 5.76. The van der Waals surface area contributed by atoms with Gasteiger partial charge in [0.1, 0.15) is 5.75 Å². The quantitative estimate of drug-likeness (QED) is 0.475. The molecular formula is C18H29NO4. The Morgan fingerprint density at radius 2 is 1.96 bits per heavy atom. The number of nitrogens with one attached hydrogen (secondary N) is 1. The molecule has 0 saturated heterocycles. The van der Waals surface area contributed by atoms with E-state index in [1.807, 2.05) is 38.1 Å². The van der Waals surface area contributed by atoms with E-state index >= 15 is 0 Å². The van der Waals surface area contributed by atoms with Crippen molar-refractivity contribution in [3.8, 4) is 5.75 Å². The predicted octanol–water partition coefficient (Wildman–Crippen LogP) is 2.92. The summed E-state index contributed by atoms with van der Waals surface area (Å²) in [6.07, 6.45) is 2.66. The van der Waals surface area contributed by atoms with E-state index in [4.69, 9.17) is 14.2 Å². The number of methoxy groups -OCH3 is 1. The Bertz CT molecular complexity index is 444. The predicted molar refractivity (Wildman–Crippen MR) is 90.6 cm³/mol. The first-order valence-corrected chi connectivity index (χ1v) is 8.32. The number of hydrogen-bond donors (Lipinski definition) is 1. The van der Waals surface area contributed by atoms with E-state index < -0.39 is 0 Å². The second-order valence-electron chi connectivity index (χ2n) is 5.18. The Balaban J connectivity index is 2.18. The van der Waals surface area contributed by atoms with E-state index in [2.05, 4.69) is 5.32 Å². The first kappa shape index (κ1) is 19.5. The largest absolute Gasteiger partial charge is 0.497 e. The molecule has 0 radical (unpaired) electrons. The minimum Gasteiger partial charge on any atom is -0.497 e. The lowest BCUT2D eigenvalue weighted by Crippen LogP contribution is -2.26. The molecule has 0 fully saturated rings. The molecule has 0 aliphatic carbocycles. The number of benzene rings is 1. The monoisotopic (exact) mass is 323 g/mol. The van der Waals surface area contributed by atoms with Gasteiger partial charge in [-0.1, -0.05) is 12.1 Å². The molecule has 5 heteroatoms. The molecule has 0 aliphatic heterocycles. The van der Waals surface area contributed by atoms with Gasteiger partial charge in [-0.25, -0.2) is 0 Å². The molecule has 1 N–H and O–H groups in total. The topological polar surface area (TPSA) is 56.8 Å². The van der Waals surface area contributed by atoms with E-state index in [-0.39, 0.29) is 12.2 Å². The minimum atomic E-state index is -0.168. The summed E-state index contributed by atoms with van der Waals surface area (Å²) in [5.41, 5.74) is 1.10. The number of aryl methyl sites for hydroxylation is 1. The van der Waals surface area contributed by atoms with Crippen LogP contribution >= 0.6 is 0 Å². The molecule has 1 aromatic carbocycles. The van der Waals surface area contributed by atoms with Gasteiger partial charge in [-0.2, -0.15) is 0 Å². The van der Waals surface area contributed by atoms with Gasteiger partial charge in [-0.15, -0.1) is 0 Å². The lowest BCUT2D eigenvalue weighted by atomic mass is 10.1. The summed E-state index contributed by atoms with van der Waals surface area (Å²) < 4.78 is 16.1. The molecule has 0 spiro atoms. The molecule has 0 unspecified atom stereocenters. The van der Waals surface area contributed by atoms with Crippen molar-refractivity contribution in [1.29, 1.82) is 0 Å². The standard InChI is InChI=1S/C18H29NO4/c1-4-22-18(23-5-2)10-7-13-19-17(20)12-11-15-8-6-9-16(14-15)21-3/h6,8-9,14,18H,4-5,7,10-13H2,1-3H3,(H,19,20). The zero-order valence-electron chi connectivity index (χ0n) is 14.5. The molecule has 0 bridgehead atoms. The van der Waals surface area contributed by atoms with Crippen molar-refractivity contribution in [2.75, 3.05) is 26.9 Å². The lowest BCUT2D eigenvalue weighted by molar-refractivity contribution is -0.140. The van der Waals surface area contributed by atoms with E-state index in [0.29, 0.717) is 32.6 Å². The van der Waals surface area contributed by atoms with E-state index in [0.717, 1.165) is 24.2 Å². The highest BCUT2D eigenvalue weighted by Crippen LogP contribution is 2.13. The first-order valence-electron chi connectivity index (χ1n) is 8.32. The third-order valence-corrected chi connectivity index (χ3v) is 3.42. The fourth-order valence-corrected chi connectivity index (χ4v) is 2.26. The van der Waals surface area contributed by atoms with Crippen LogP contribution in [0.2, 0.25) is 0 Å². The molecule has 23 heavy (non-hydrogen) atoms. The van der Waals surface area contributed by atoms with Gasteiger partial charge in [0, 0.05) is 32.6 Å². The smallest absolute Gasteiger partial charge is 0.220 e. The van der Waals surface area contributed by atoms with Crippen LogP contribution in [-0.2, 0) is 20.7 Å². The summed E-state index contributed by atoms with van der Waals surface area (Å²) >= 11 is 0. The Morgan fingerprint density at radius 3 is 2.61 bits per heavy atom. The fourth-order valence-electron chi connectivity index (χ4n) is 2.26. The molecule has 0 heterocycles. The van der Waals surface area contributed by atoms with Crippen molar-refractivity contribution in [2.24, 2.45) is 0 Å². The Labute approximate surface area is 139 Å². The maximum Gasteiger partial charge on any atom is 0.220 e. The molecule has 1 aromatic rings. The second-order valence-corrected chi connectivity index (χ2v) is 5.18. The lowest BCUT2D eigenvalue weighted by Gasteiger charge is -2.16. The molecular weight excluding hydrogens is 294 g/mol. The van der Waals surface area contributed by atoms with Gasteiger partial charge < -0.3 is 19.5 Å². The summed E-state index contributed by atoms with van der Waals surface area (Å²) in [6, 6.07) is 7.80. The zero-order chi connectivity index (χ0) is 16.9. The van der Waals surface area contributed by atoms with Crippen molar-refractivity contribution in [3.63, 3.8) is 0 Å². The van der Waals surface area contributed by atoms with Crippen LogP contribution in [0.1, 0.15) is 38.7 Å². The van der Waals surface area contributed by atoms with Gasteiger partial charge >= 0.3 is 0 Å². The van der Waals surface area contributed by atoms with Crippen molar-refractivity contribution in [1.82, 2.24) is 5.32 Å². The van der Waals surface area contributed by atoms with Gasteiger partial charge in [-0.05, 0) is 44.4 Å². The number of amides is 1. The highest BCUT2D eigenvalue weighted by atomic mass is 16.7. The van der Waals surface area contributed by atoms with Gasteiger partial charge in [0.05, 0.1) is 7.11 Å². The fraction of sp³-hybridized carbons (Fsp3) is 0.611. The van der Waals surface area contributed by atoms with Crippen LogP contribution in [0.15, 0.2) is 24.3 Å². The number of carbonyl (C=O) groups is 1. The van der Waals surface area contributed by atoms with E-state index in [9.17, 15) is 4.79 Å². The minimum absolute atomic E-state index is 0.0668. The number of rotatable bonds is 12. The number of carbonyl (C=O) groups excluding carboxylic acids is 1. The third-order valence-electron chi connectivity index (χ3n) is 3.42. The molecule has 5 nitrogen and oxygen atoms in total. The van der Waals surface area contributed by atoms with Crippen LogP contribution in [-0.4, -0.2) is 39.1 Å². The molecule has 0 aliphatic rings. The first-order chi connectivity index (χ1) is 11.2. The summed E-state index contributed by atoms with van der Waals surface area (Å²) in [6.45, 7) is 5.82. The summed E-state index contributed by atoms with van der Waals surface area (Å²) in [4.78, 5) is 11.9. The van der Waals surface area contributed by atoms with Crippen molar-refractivity contribution in [2.45, 2.75) is 45.8 Å². The van der Waals surface area contributed by atoms with Crippen LogP contribution in [0.3, 0.4) is 0 Å². The van der Waals surface area contributed by atoms with Gasteiger partial charge in [-0.3, -0.25) is 4.79 Å². The van der Waals surface area contributed by atoms with Crippen molar-refractivity contribution in [3.05, 3.63) is 29.8 Å². The Morgan fingerprint density at radius 1 is 1.22 bits per heavy atom. The van der Waals surface area contributed by atoms with Crippen LogP contribution in [0.5, 0.6) is 5.75 Å². The summed E-state index contributed by atoms with van der Waals surface area (Å²) in [5.74, 6) is 0.887. The molecule has 1 amide bonds. The number of ether oxygens (including phenoxy) is 3. The maximum absolute atomic E-state index is 11.9. The van der Waals surface area contributed by atoms with Crippen LogP contribution in [0.4, 0.5) is 0 Å². The molecule has 1 rings (SSSR count). The maximum atomic E-state index is 11.9. The molecule has 0 aromatic heterocycles. The van der Waals surface area contributed by atoms with Gasteiger partial charge in [0.15, 0.2) is 6.29 Å². The summed E-state index contributed by atoms with van der Waals surface area (Å²) in [5, 5.41) is 2.94. The average molecular weight is 323 g/mol. The van der Waals surface area contributed by atoms with Crippen LogP contribution in [0, 0.1) is 0 Å². The Kier molecular flexibility index (Phi) is 10.1. The zero-order valence-corrected chi connectivity index (χ0v) is 14.5. The third kappa shape index (κ3) is 8.57. The van der Waals surface area contributed by atoms with Crippen LogP contribution < -0.4 is 10.1 Å². The normalized spacial score (nSPS) is 10.8. The van der Waals surface area contributed by atoms with Gasteiger partial charge in [0.25, 0.3) is 0 Å². The molecule has 130 valence electrons. The van der Waals surface area contributed by atoms with E-state index in [1.165, 1.54) is 0 Å². The van der Waals surface area contributed by atoms with E-state index in [1.54, 1.807) is 7.11 Å². The molecule has 0 saturated carbocycles. The van der Waals surface area contributed by atoms with Crippen molar-refractivity contribution >= 4 is 5.91 Å². The van der Waals surface area contributed by atoms with Crippen LogP contribution in [0.25, 0.3) is 0 Å².